The van der Waals surface area contributed by atoms with Gasteiger partial charge in [0, 0.05) is 28.9 Å². The normalized spacial score (nSPS) is 11.2. The monoisotopic (exact) mass is 263 g/mol. The number of imidazole rings is 1. The molecule has 0 spiro atoms. The average Bonchev–Trinajstić information content (AvgIpc) is 3.12. The zero-order chi connectivity index (χ0) is 13.4. The summed E-state index contributed by atoms with van der Waals surface area (Å²) in [6.45, 7) is 0.675. The third-order valence-corrected chi connectivity index (χ3v) is 3.39. The minimum Gasteiger partial charge on any atom is -0.456 e. The number of furan rings is 1. The molecule has 4 aromatic rings. The second kappa shape index (κ2) is 4.42. The van der Waals surface area contributed by atoms with Crippen LogP contribution in [-0.4, -0.2) is 9.97 Å². The van der Waals surface area contributed by atoms with E-state index in [2.05, 4.69) is 27.4 Å². The molecule has 0 bridgehead atoms. The van der Waals surface area contributed by atoms with Gasteiger partial charge in [0.1, 0.15) is 17.0 Å². The second-order valence-corrected chi connectivity index (χ2v) is 4.70. The van der Waals surface area contributed by atoms with E-state index in [0.29, 0.717) is 6.54 Å². The van der Waals surface area contributed by atoms with Crippen molar-refractivity contribution in [1.29, 1.82) is 0 Å². The molecule has 2 aromatic carbocycles. The van der Waals surface area contributed by atoms with Crippen LogP contribution in [0.5, 0.6) is 0 Å². The van der Waals surface area contributed by atoms with Crippen LogP contribution in [0.4, 0.5) is 5.69 Å². The van der Waals surface area contributed by atoms with Crippen LogP contribution < -0.4 is 5.32 Å². The standard InChI is InChI=1S/C16H13N3O/c1-2-4-14-12(3-1)13-9-11(5-6-15(13)20-14)19-10-16-17-7-8-18-16/h1-9,19H,10H2,(H,17,18). The summed E-state index contributed by atoms with van der Waals surface area (Å²) in [4.78, 5) is 7.27. The number of nitrogens with zero attached hydrogens (tertiary/aromatic N) is 1. The van der Waals surface area contributed by atoms with Gasteiger partial charge in [-0.05, 0) is 24.3 Å². The van der Waals surface area contributed by atoms with Crippen molar-refractivity contribution >= 4 is 27.6 Å². The van der Waals surface area contributed by atoms with Gasteiger partial charge >= 0.3 is 0 Å². The predicted molar refractivity (Wildman–Crippen MR) is 79.6 cm³/mol. The molecule has 0 unspecified atom stereocenters. The highest BCUT2D eigenvalue weighted by atomic mass is 16.3. The summed E-state index contributed by atoms with van der Waals surface area (Å²) in [5, 5.41) is 5.63. The molecule has 0 aliphatic carbocycles. The fourth-order valence-electron chi connectivity index (χ4n) is 2.42. The summed E-state index contributed by atoms with van der Waals surface area (Å²) >= 11 is 0. The van der Waals surface area contributed by atoms with Gasteiger partial charge in [0.15, 0.2) is 0 Å². The van der Waals surface area contributed by atoms with Crippen molar-refractivity contribution < 1.29 is 4.42 Å². The molecule has 0 saturated carbocycles. The fourth-order valence-corrected chi connectivity index (χ4v) is 2.42. The molecular weight excluding hydrogens is 250 g/mol. The summed E-state index contributed by atoms with van der Waals surface area (Å²) in [5.41, 5.74) is 2.89. The fraction of sp³-hybridized carbons (Fsp3) is 0.0625. The van der Waals surface area contributed by atoms with E-state index in [1.54, 1.807) is 6.20 Å². The topological polar surface area (TPSA) is 53.9 Å². The zero-order valence-electron chi connectivity index (χ0n) is 10.8. The molecule has 4 nitrogen and oxygen atoms in total. The highest BCUT2D eigenvalue weighted by molar-refractivity contribution is 6.05. The van der Waals surface area contributed by atoms with E-state index in [1.807, 2.05) is 36.5 Å². The Morgan fingerprint density at radius 3 is 2.85 bits per heavy atom. The Balaban J connectivity index is 1.72. The number of rotatable bonds is 3. The first-order valence-electron chi connectivity index (χ1n) is 6.53. The summed E-state index contributed by atoms with van der Waals surface area (Å²) in [6, 6.07) is 14.2. The summed E-state index contributed by atoms with van der Waals surface area (Å²) < 4.78 is 5.81. The summed E-state index contributed by atoms with van der Waals surface area (Å²) in [5.74, 6) is 0.919. The lowest BCUT2D eigenvalue weighted by molar-refractivity contribution is 0.669. The van der Waals surface area contributed by atoms with E-state index in [4.69, 9.17) is 4.42 Å². The maximum absolute atomic E-state index is 5.81. The maximum Gasteiger partial charge on any atom is 0.135 e. The number of aromatic amines is 1. The largest absolute Gasteiger partial charge is 0.456 e. The van der Waals surface area contributed by atoms with Crippen molar-refractivity contribution in [1.82, 2.24) is 9.97 Å². The number of fused-ring (bicyclic) bond motifs is 3. The predicted octanol–water partition coefficient (Wildman–Crippen LogP) is 3.92. The maximum atomic E-state index is 5.81. The molecule has 0 aliphatic heterocycles. The van der Waals surface area contributed by atoms with E-state index in [-0.39, 0.29) is 0 Å². The van der Waals surface area contributed by atoms with Gasteiger partial charge < -0.3 is 14.7 Å². The van der Waals surface area contributed by atoms with E-state index in [0.717, 1.165) is 33.5 Å². The smallest absolute Gasteiger partial charge is 0.135 e. The van der Waals surface area contributed by atoms with Gasteiger partial charge in [-0.15, -0.1) is 0 Å². The quantitative estimate of drug-likeness (QED) is 0.589. The van der Waals surface area contributed by atoms with Crippen LogP contribution in [0.15, 0.2) is 59.3 Å². The van der Waals surface area contributed by atoms with Crippen molar-refractivity contribution in [3.8, 4) is 0 Å². The first kappa shape index (κ1) is 11.1. The van der Waals surface area contributed by atoms with Crippen LogP contribution >= 0.6 is 0 Å². The van der Waals surface area contributed by atoms with Crippen molar-refractivity contribution in [3.63, 3.8) is 0 Å². The number of nitrogens with one attached hydrogen (secondary N) is 2. The lowest BCUT2D eigenvalue weighted by atomic mass is 10.1. The number of aromatic nitrogens is 2. The molecule has 0 aliphatic rings. The Bertz CT molecular complexity index is 862. The molecule has 20 heavy (non-hydrogen) atoms. The van der Waals surface area contributed by atoms with E-state index in [1.165, 1.54) is 0 Å². The van der Waals surface area contributed by atoms with Crippen molar-refractivity contribution in [2.75, 3.05) is 5.32 Å². The molecule has 2 aromatic heterocycles. The number of H-pyrrole nitrogens is 1. The lowest BCUT2D eigenvalue weighted by Gasteiger charge is -2.04. The van der Waals surface area contributed by atoms with Crippen LogP contribution in [0.2, 0.25) is 0 Å². The molecule has 0 fully saturated rings. The van der Waals surface area contributed by atoms with Crippen LogP contribution in [-0.2, 0) is 6.54 Å². The van der Waals surface area contributed by atoms with Gasteiger partial charge in [-0.25, -0.2) is 4.98 Å². The molecule has 0 atom stereocenters. The molecule has 0 radical (unpaired) electrons. The van der Waals surface area contributed by atoms with Gasteiger partial charge in [-0.1, -0.05) is 18.2 Å². The SMILES string of the molecule is c1ccc2c(c1)oc1ccc(NCc3ncc[nH]3)cc12. The molecule has 4 heteroatoms. The van der Waals surface area contributed by atoms with Gasteiger partial charge in [-0.3, -0.25) is 0 Å². The number of benzene rings is 2. The third-order valence-electron chi connectivity index (χ3n) is 3.39. The van der Waals surface area contributed by atoms with Crippen molar-refractivity contribution in [2.24, 2.45) is 0 Å². The van der Waals surface area contributed by atoms with Gasteiger partial charge in [0.2, 0.25) is 0 Å². The minimum atomic E-state index is 0.675. The van der Waals surface area contributed by atoms with Gasteiger partial charge in [0.25, 0.3) is 0 Å². The first-order valence-corrected chi connectivity index (χ1v) is 6.53. The molecule has 0 saturated heterocycles. The number of para-hydroxylation sites is 1. The Labute approximate surface area is 115 Å². The third kappa shape index (κ3) is 1.82. The molecule has 4 rings (SSSR count). The van der Waals surface area contributed by atoms with E-state index >= 15 is 0 Å². The summed E-state index contributed by atoms with van der Waals surface area (Å²) in [6.07, 6.45) is 3.58. The van der Waals surface area contributed by atoms with Crippen LogP contribution in [0.3, 0.4) is 0 Å². The highest BCUT2D eigenvalue weighted by Gasteiger charge is 2.06. The van der Waals surface area contributed by atoms with Gasteiger partial charge in [-0.2, -0.15) is 0 Å². The molecule has 2 N–H and O–H groups in total. The Morgan fingerprint density at radius 1 is 1.05 bits per heavy atom. The molecular formula is C16H13N3O. The number of hydrogen-bond donors (Lipinski definition) is 2. The molecule has 2 heterocycles. The lowest BCUT2D eigenvalue weighted by Crippen LogP contribution is -2.00. The van der Waals surface area contributed by atoms with Crippen LogP contribution in [0, 0.1) is 0 Å². The number of hydrogen-bond acceptors (Lipinski definition) is 3. The highest BCUT2D eigenvalue weighted by Crippen LogP contribution is 2.30. The van der Waals surface area contributed by atoms with E-state index < -0.39 is 0 Å². The van der Waals surface area contributed by atoms with Gasteiger partial charge in [0.05, 0.1) is 6.54 Å². The summed E-state index contributed by atoms with van der Waals surface area (Å²) in [7, 11) is 0. The van der Waals surface area contributed by atoms with Crippen LogP contribution in [0.25, 0.3) is 21.9 Å². The minimum absolute atomic E-state index is 0.675. The average molecular weight is 263 g/mol. The first-order chi connectivity index (χ1) is 9.90. The van der Waals surface area contributed by atoms with Crippen LogP contribution in [0.1, 0.15) is 5.82 Å². The second-order valence-electron chi connectivity index (χ2n) is 4.70. The number of anilines is 1. The Kier molecular flexibility index (Phi) is 2.45. The Hall–Kier alpha value is -2.75. The zero-order valence-corrected chi connectivity index (χ0v) is 10.8. The molecule has 0 amide bonds. The van der Waals surface area contributed by atoms with Crippen molar-refractivity contribution in [3.05, 3.63) is 60.7 Å². The van der Waals surface area contributed by atoms with Crippen molar-refractivity contribution in [2.45, 2.75) is 6.54 Å². The Morgan fingerprint density at radius 2 is 1.95 bits per heavy atom. The molecule has 98 valence electrons. The van der Waals surface area contributed by atoms with E-state index in [9.17, 15) is 0 Å².